The molecule has 0 saturated heterocycles. The second kappa shape index (κ2) is 26.8. The fraction of sp³-hybridized carbons (Fsp3) is 0.906. The van der Waals surface area contributed by atoms with Gasteiger partial charge in [0, 0.05) is 13.0 Å². The summed E-state index contributed by atoms with van der Waals surface area (Å²) in [6.07, 6.45) is 23.7. The predicted molar refractivity (Wildman–Crippen MR) is 167 cm³/mol. The molecule has 0 aliphatic rings. The van der Waals surface area contributed by atoms with Crippen molar-refractivity contribution in [1.29, 1.82) is 0 Å². The van der Waals surface area contributed by atoms with Crippen molar-refractivity contribution in [2.24, 2.45) is 0 Å². The lowest BCUT2D eigenvalue weighted by Crippen LogP contribution is -2.37. The highest BCUT2D eigenvalue weighted by atomic mass is 31.2. The SMILES string of the molecule is CCCC/C=C\CCCCCCCCOCC(COP(=O)([O-])OCC[N+](C)(C)C)OC(=O)CCCCCCCCC. The van der Waals surface area contributed by atoms with Gasteiger partial charge in [-0.3, -0.25) is 9.36 Å². The van der Waals surface area contributed by atoms with Gasteiger partial charge in [-0.05, 0) is 32.1 Å². The van der Waals surface area contributed by atoms with Crippen LogP contribution in [0.15, 0.2) is 12.2 Å². The van der Waals surface area contributed by atoms with E-state index in [1.54, 1.807) is 0 Å². The molecule has 0 aliphatic heterocycles. The van der Waals surface area contributed by atoms with Gasteiger partial charge in [-0.1, -0.05) is 103 Å². The van der Waals surface area contributed by atoms with E-state index >= 15 is 0 Å². The molecule has 8 nitrogen and oxygen atoms in total. The molecule has 0 amide bonds. The van der Waals surface area contributed by atoms with Gasteiger partial charge < -0.3 is 27.9 Å². The summed E-state index contributed by atoms with van der Waals surface area (Å²) < 4.78 is 34.2. The van der Waals surface area contributed by atoms with Gasteiger partial charge in [0.25, 0.3) is 7.82 Å². The van der Waals surface area contributed by atoms with E-state index in [0.29, 0.717) is 24.1 Å². The highest BCUT2D eigenvalue weighted by Gasteiger charge is 2.20. The van der Waals surface area contributed by atoms with Crippen molar-refractivity contribution in [3.05, 3.63) is 12.2 Å². The number of hydrogen-bond acceptors (Lipinski definition) is 7. The molecular weight excluding hydrogens is 541 g/mol. The number of phosphoric ester groups is 1. The lowest BCUT2D eigenvalue weighted by atomic mass is 10.1. The maximum Gasteiger partial charge on any atom is 0.306 e. The Labute approximate surface area is 252 Å². The second-order valence-corrected chi connectivity index (χ2v) is 13.6. The van der Waals surface area contributed by atoms with Crippen LogP contribution in [0.4, 0.5) is 0 Å². The number of likely N-dealkylation sites (N-methyl/N-ethyl adjacent to an activating group) is 1. The highest BCUT2D eigenvalue weighted by Crippen LogP contribution is 2.38. The number of rotatable bonds is 30. The molecule has 0 aromatic carbocycles. The molecule has 2 unspecified atom stereocenters. The maximum atomic E-state index is 12.4. The Hall–Kier alpha value is -0.760. The van der Waals surface area contributed by atoms with E-state index < -0.39 is 13.9 Å². The van der Waals surface area contributed by atoms with Crippen LogP contribution >= 0.6 is 7.82 Å². The fourth-order valence-corrected chi connectivity index (χ4v) is 4.90. The topological polar surface area (TPSA) is 94.1 Å². The van der Waals surface area contributed by atoms with Crippen LogP contribution in [0, 0.1) is 0 Å². The van der Waals surface area contributed by atoms with Crippen LogP contribution in [0.3, 0.4) is 0 Å². The number of esters is 1. The minimum atomic E-state index is -4.50. The molecule has 0 radical (unpaired) electrons. The molecule has 9 heteroatoms. The number of carbonyl (C=O) groups excluding carboxylic acids is 1. The van der Waals surface area contributed by atoms with Gasteiger partial charge in [-0.25, -0.2) is 0 Å². The third-order valence-corrected chi connectivity index (χ3v) is 7.78. The maximum absolute atomic E-state index is 12.4. The number of hydrogen-bond donors (Lipinski definition) is 0. The summed E-state index contributed by atoms with van der Waals surface area (Å²) in [7, 11) is 1.35. The predicted octanol–water partition coefficient (Wildman–Crippen LogP) is 7.74. The highest BCUT2D eigenvalue weighted by molar-refractivity contribution is 7.45. The third-order valence-electron chi connectivity index (χ3n) is 6.82. The smallest absolute Gasteiger partial charge is 0.306 e. The number of nitrogens with zero attached hydrogens (tertiary/aromatic N) is 1. The summed E-state index contributed by atoms with van der Waals surface area (Å²) in [5, 5.41) is 0. The van der Waals surface area contributed by atoms with Gasteiger partial charge in [-0.15, -0.1) is 0 Å². The molecule has 0 aliphatic carbocycles. The Morgan fingerprint density at radius 3 is 1.93 bits per heavy atom. The van der Waals surface area contributed by atoms with Crippen molar-refractivity contribution in [1.82, 2.24) is 0 Å². The van der Waals surface area contributed by atoms with Gasteiger partial charge in [0.1, 0.15) is 19.3 Å². The average molecular weight is 606 g/mol. The number of ether oxygens (including phenoxy) is 2. The molecule has 0 rings (SSSR count). The zero-order valence-electron chi connectivity index (χ0n) is 27.2. The van der Waals surface area contributed by atoms with Crippen LogP contribution in [-0.2, 0) is 27.9 Å². The second-order valence-electron chi connectivity index (χ2n) is 12.2. The van der Waals surface area contributed by atoms with Crippen LogP contribution in [0.2, 0.25) is 0 Å². The summed E-state index contributed by atoms with van der Waals surface area (Å²) in [4.78, 5) is 24.6. The van der Waals surface area contributed by atoms with Gasteiger partial charge in [0.15, 0.2) is 0 Å². The summed E-state index contributed by atoms with van der Waals surface area (Å²) >= 11 is 0. The van der Waals surface area contributed by atoms with Crippen LogP contribution in [0.5, 0.6) is 0 Å². The minimum absolute atomic E-state index is 0.0269. The normalized spacial score (nSPS) is 14.4. The van der Waals surface area contributed by atoms with Crippen molar-refractivity contribution in [2.45, 2.75) is 136 Å². The number of carbonyl (C=O) groups is 1. The summed E-state index contributed by atoms with van der Waals surface area (Å²) in [5.74, 6) is -0.345. The van der Waals surface area contributed by atoms with Gasteiger partial charge in [0.2, 0.25) is 0 Å². The number of unbranched alkanes of at least 4 members (excludes halogenated alkanes) is 14. The molecule has 0 aromatic heterocycles. The first kappa shape index (κ1) is 40.2. The molecule has 0 saturated carbocycles. The van der Waals surface area contributed by atoms with Crippen LogP contribution in [0.25, 0.3) is 0 Å². The van der Waals surface area contributed by atoms with Crippen molar-refractivity contribution < 1.29 is 37.3 Å². The van der Waals surface area contributed by atoms with Gasteiger partial charge >= 0.3 is 5.97 Å². The number of quaternary nitrogens is 1. The lowest BCUT2D eigenvalue weighted by molar-refractivity contribution is -0.870. The first-order valence-corrected chi connectivity index (χ1v) is 17.9. The molecule has 0 spiro atoms. The van der Waals surface area contributed by atoms with E-state index in [4.69, 9.17) is 18.5 Å². The molecule has 244 valence electrons. The average Bonchev–Trinajstić information content (AvgIpc) is 2.90. The van der Waals surface area contributed by atoms with E-state index in [1.165, 1.54) is 77.0 Å². The van der Waals surface area contributed by atoms with E-state index in [1.807, 2.05) is 21.1 Å². The Morgan fingerprint density at radius 1 is 0.732 bits per heavy atom. The molecule has 0 bridgehead atoms. The molecule has 41 heavy (non-hydrogen) atoms. The van der Waals surface area contributed by atoms with Crippen LogP contribution < -0.4 is 4.89 Å². The van der Waals surface area contributed by atoms with Crippen molar-refractivity contribution >= 4 is 13.8 Å². The summed E-state index contributed by atoms with van der Waals surface area (Å²) in [5.41, 5.74) is 0. The minimum Gasteiger partial charge on any atom is -0.756 e. The molecule has 2 atom stereocenters. The monoisotopic (exact) mass is 605 g/mol. The molecule has 0 N–H and O–H groups in total. The molecular formula is C32H64NO7P. The van der Waals surface area contributed by atoms with Crippen molar-refractivity contribution in [2.75, 3.05) is 54.1 Å². The third kappa shape index (κ3) is 30.5. The Balaban J connectivity index is 4.33. The van der Waals surface area contributed by atoms with Crippen molar-refractivity contribution in [3.8, 4) is 0 Å². The molecule has 0 heterocycles. The van der Waals surface area contributed by atoms with Gasteiger partial charge in [-0.2, -0.15) is 0 Å². The van der Waals surface area contributed by atoms with E-state index in [9.17, 15) is 14.3 Å². The first-order valence-electron chi connectivity index (χ1n) is 16.4. The largest absolute Gasteiger partial charge is 0.756 e. The van der Waals surface area contributed by atoms with E-state index in [-0.39, 0.29) is 25.8 Å². The van der Waals surface area contributed by atoms with Crippen molar-refractivity contribution in [3.63, 3.8) is 0 Å². The first-order chi connectivity index (χ1) is 19.6. The molecule has 0 fully saturated rings. The molecule has 0 aromatic rings. The quantitative estimate of drug-likeness (QED) is 0.0272. The summed E-state index contributed by atoms with van der Waals surface area (Å²) in [6.45, 7) is 5.30. The Bertz CT molecular complexity index is 681. The Kier molecular flexibility index (Phi) is 26.3. The Morgan fingerprint density at radius 2 is 1.29 bits per heavy atom. The zero-order chi connectivity index (χ0) is 30.7. The van der Waals surface area contributed by atoms with E-state index in [0.717, 1.165) is 32.1 Å². The lowest BCUT2D eigenvalue weighted by Gasteiger charge is -2.28. The fourth-order valence-electron chi connectivity index (χ4n) is 4.17. The summed E-state index contributed by atoms with van der Waals surface area (Å²) in [6, 6.07) is 0. The number of phosphoric acid groups is 1. The van der Waals surface area contributed by atoms with E-state index in [2.05, 4.69) is 26.0 Å². The standard InChI is InChI=1S/C32H64NO7P/c1-6-8-10-12-14-15-16-17-18-20-22-24-27-37-29-31(30-39-41(35,36)38-28-26-33(3,4)5)40-32(34)25-23-21-19-13-11-9-7-2/h12,14,31H,6-11,13,15-30H2,1-5H3/b14-12-. The van der Waals surface area contributed by atoms with Crippen LogP contribution in [0.1, 0.15) is 129 Å². The van der Waals surface area contributed by atoms with Crippen LogP contribution in [-0.4, -0.2) is 70.7 Å². The number of allylic oxidation sites excluding steroid dienone is 2. The zero-order valence-corrected chi connectivity index (χ0v) is 28.1. The van der Waals surface area contributed by atoms with Gasteiger partial charge in [0.05, 0.1) is 34.4 Å².